The zero-order valence-corrected chi connectivity index (χ0v) is 13.9. The summed E-state index contributed by atoms with van der Waals surface area (Å²) in [6.07, 6.45) is 1.78. The summed E-state index contributed by atoms with van der Waals surface area (Å²) >= 11 is 5.92. The molecule has 0 atom stereocenters. The van der Waals surface area contributed by atoms with E-state index in [4.69, 9.17) is 16.3 Å². The first-order chi connectivity index (χ1) is 11.1. The van der Waals surface area contributed by atoms with Crippen molar-refractivity contribution in [2.75, 3.05) is 13.2 Å². The predicted octanol–water partition coefficient (Wildman–Crippen LogP) is 3.88. The molecule has 0 aromatic heterocycles. The van der Waals surface area contributed by atoms with Crippen LogP contribution >= 0.6 is 11.6 Å². The van der Waals surface area contributed by atoms with Gasteiger partial charge in [0.05, 0.1) is 12.0 Å². The van der Waals surface area contributed by atoms with Crippen LogP contribution in [0.25, 0.3) is 0 Å². The number of hydrogen-bond donors (Lipinski definition) is 1. The predicted molar refractivity (Wildman–Crippen MR) is 92.0 cm³/mol. The highest BCUT2D eigenvalue weighted by atomic mass is 35.5. The lowest BCUT2D eigenvalue weighted by atomic mass is 9.95. The number of nitrogens with one attached hydrogen (secondary N) is 1. The lowest BCUT2D eigenvalue weighted by Crippen LogP contribution is -2.37. The van der Waals surface area contributed by atoms with Gasteiger partial charge in [0, 0.05) is 5.02 Å². The zero-order chi connectivity index (χ0) is 16.3. The summed E-state index contributed by atoms with van der Waals surface area (Å²) < 4.78 is 5.71. The van der Waals surface area contributed by atoms with Crippen LogP contribution < -0.4 is 10.1 Å². The quantitative estimate of drug-likeness (QED) is 0.817. The molecule has 4 heteroatoms. The van der Waals surface area contributed by atoms with Crippen molar-refractivity contribution in [2.45, 2.75) is 25.2 Å². The average molecular weight is 330 g/mol. The molecular formula is C19H20ClNO2. The number of rotatable bonds is 6. The Morgan fingerprint density at radius 3 is 2.52 bits per heavy atom. The normalized spacial score (nSPS) is 15.0. The Kier molecular flexibility index (Phi) is 4.58. The maximum Gasteiger partial charge on any atom is 0.230 e. The lowest BCUT2D eigenvalue weighted by molar-refractivity contribution is -0.123. The van der Waals surface area contributed by atoms with E-state index in [9.17, 15) is 4.79 Å². The smallest absolute Gasteiger partial charge is 0.230 e. The molecule has 1 amide bonds. The monoisotopic (exact) mass is 329 g/mol. The maximum absolute atomic E-state index is 12.5. The minimum Gasteiger partial charge on any atom is -0.491 e. The minimum atomic E-state index is -0.368. The van der Waals surface area contributed by atoms with Crippen LogP contribution in [0.5, 0.6) is 5.75 Å². The molecule has 2 aromatic rings. The van der Waals surface area contributed by atoms with Gasteiger partial charge in [-0.15, -0.1) is 0 Å². The molecule has 0 saturated heterocycles. The zero-order valence-electron chi connectivity index (χ0n) is 13.1. The number of aryl methyl sites for hydroxylation is 1. The van der Waals surface area contributed by atoms with Gasteiger partial charge in [-0.05, 0) is 49.1 Å². The second-order valence-corrected chi connectivity index (χ2v) is 6.40. The van der Waals surface area contributed by atoms with Gasteiger partial charge in [-0.25, -0.2) is 0 Å². The molecule has 120 valence electrons. The Morgan fingerprint density at radius 2 is 1.87 bits per heavy atom. The SMILES string of the molecule is Cc1ccccc1OCCNC(=O)C1(c2ccc(Cl)cc2)CC1. The fourth-order valence-corrected chi connectivity index (χ4v) is 2.88. The highest BCUT2D eigenvalue weighted by Gasteiger charge is 2.50. The van der Waals surface area contributed by atoms with Crippen LogP contribution in [0.2, 0.25) is 5.02 Å². The number of ether oxygens (including phenoxy) is 1. The Morgan fingerprint density at radius 1 is 1.17 bits per heavy atom. The van der Waals surface area contributed by atoms with E-state index in [1.807, 2.05) is 55.5 Å². The first-order valence-electron chi connectivity index (χ1n) is 7.85. The molecule has 1 fully saturated rings. The maximum atomic E-state index is 12.5. The summed E-state index contributed by atoms with van der Waals surface area (Å²) in [5, 5.41) is 3.68. The van der Waals surface area contributed by atoms with Crippen molar-refractivity contribution in [3.63, 3.8) is 0 Å². The number of benzene rings is 2. The van der Waals surface area contributed by atoms with Gasteiger partial charge < -0.3 is 10.1 Å². The summed E-state index contributed by atoms with van der Waals surface area (Å²) in [6.45, 7) is 2.98. The highest BCUT2D eigenvalue weighted by molar-refractivity contribution is 6.30. The van der Waals surface area contributed by atoms with Crippen molar-refractivity contribution in [1.82, 2.24) is 5.32 Å². The van der Waals surface area contributed by atoms with Crippen molar-refractivity contribution in [3.05, 3.63) is 64.7 Å². The Labute approximate surface area is 141 Å². The van der Waals surface area contributed by atoms with Crippen LogP contribution in [0.3, 0.4) is 0 Å². The number of amides is 1. The summed E-state index contributed by atoms with van der Waals surface area (Å²) in [4.78, 5) is 12.5. The molecule has 0 spiro atoms. The van der Waals surface area contributed by atoms with Crippen molar-refractivity contribution in [2.24, 2.45) is 0 Å². The van der Waals surface area contributed by atoms with Crippen LogP contribution in [0.15, 0.2) is 48.5 Å². The molecule has 3 rings (SSSR count). The van der Waals surface area contributed by atoms with Gasteiger partial charge in [0.1, 0.15) is 12.4 Å². The Balaban J connectivity index is 1.52. The molecule has 1 aliphatic carbocycles. The van der Waals surface area contributed by atoms with E-state index >= 15 is 0 Å². The standard InChI is InChI=1S/C19H20ClNO2/c1-14-4-2-3-5-17(14)23-13-12-21-18(22)19(10-11-19)15-6-8-16(20)9-7-15/h2-9H,10-13H2,1H3,(H,21,22). The van der Waals surface area contributed by atoms with E-state index in [-0.39, 0.29) is 11.3 Å². The first kappa shape index (κ1) is 15.9. The number of para-hydroxylation sites is 1. The topological polar surface area (TPSA) is 38.3 Å². The van der Waals surface area contributed by atoms with Crippen LogP contribution in [-0.2, 0) is 10.2 Å². The van der Waals surface area contributed by atoms with E-state index in [1.165, 1.54) is 0 Å². The third-order valence-electron chi connectivity index (χ3n) is 4.32. The van der Waals surface area contributed by atoms with Crippen LogP contribution in [0.4, 0.5) is 0 Å². The van der Waals surface area contributed by atoms with Crippen LogP contribution in [0, 0.1) is 6.92 Å². The number of hydrogen-bond acceptors (Lipinski definition) is 2. The average Bonchev–Trinajstić information content (AvgIpc) is 3.35. The molecule has 1 saturated carbocycles. The van der Waals surface area contributed by atoms with E-state index < -0.39 is 0 Å². The molecule has 0 heterocycles. The molecular weight excluding hydrogens is 310 g/mol. The number of carbonyl (C=O) groups is 1. The molecule has 0 bridgehead atoms. The summed E-state index contributed by atoms with van der Waals surface area (Å²) in [5.41, 5.74) is 1.77. The van der Waals surface area contributed by atoms with Crippen molar-refractivity contribution in [3.8, 4) is 5.75 Å². The molecule has 1 N–H and O–H groups in total. The van der Waals surface area contributed by atoms with E-state index in [1.54, 1.807) is 0 Å². The molecule has 1 aliphatic rings. The van der Waals surface area contributed by atoms with Gasteiger partial charge in [-0.3, -0.25) is 4.79 Å². The van der Waals surface area contributed by atoms with Crippen molar-refractivity contribution in [1.29, 1.82) is 0 Å². The van der Waals surface area contributed by atoms with Gasteiger partial charge in [-0.1, -0.05) is 41.9 Å². The fraction of sp³-hybridized carbons (Fsp3) is 0.316. The van der Waals surface area contributed by atoms with E-state index in [0.717, 1.165) is 29.7 Å². The van der Waals surface area contributed by atoms with Gasteiger partial charge in [-0.2, -0.15) is 0 Å². The molecule has 3 nitrogen and oxygen atoms in total. The molecule has 0 aliphatic heterocycles. The van der Waals surface area contributed by atoms with Gasteiger partial charge >= 0.3 is 0 Å². The molecule has 0 unspecified atom stereocenters. The molecule has 23 heavy (non-hydrogen) atoms. The minimum absolute atomic E-state index is 0.0770. The summed E-state index contributed by atoms with van der Waals surface area (Å²) in [5.74, 6) is 0.939. The van der Waals surface area contributed by atoms with Gasteiger partial charge in [0.25, 0.3) is 0 Å². The highest BCUT2D eigenvalue weighted by Crippen LogP contribution is 2.48. The van der Waals surface area contributed by atoms with E-state index in [0.29, 0.717) is 18.2 Å². The lowest BCUT2D eigenvalue weighted by Gasteiger charge is -2.16. The largest absolute Gasteiger partial charge is 0.491 e. The van der Waals surface area contributed by atoms with Gasteiger partial charge in [0.15, 0.2) is 0 Å². The first-order valence-corrected chi connectivity index (χ1v) is 8.22. The van der Waals surface area contributed by atoms with E-state index in [2.05, 4.69) is 5.32 Å². The second kappa shape index (κ2) is 6.63. The fourth-order valence-electron chi connectivity index (χ4n) is 2.75. The Bertz CT molecular complexity index is 693. The number of carbonyl (C=O) groups excluding carboxylic acids is 1. The third kappa shape index (κ3) is 3.50. The number of halogens is 1. The van der Waals surface area contributed by atoms with Crippen LogP contribution in [0.1, 0.15) is 24.0 Å². The third-order valence-corrected chi connectivity index (χ3v) is 4.57. The molecule has 0 radical (unpaired) electrons. The Hall–Kier alpha value is -2.00. The van der Waals surface area contributed by atoms with Gasteiger partial charge in [0.2, 0.25) is 5.91 Å². The van der Waals surface area contributed by atoms with Crippen LogP contribution in [-0.4, -0.2) is 19.1 Å². The summed E-state index contributed by atoms with van der Waals surface area (Å²) in [6, 6.07) is 15.4. The second-order valence-electron chi connectivity index (χ2n) is 5.96. The van der Waals surface area contributed by atoms with Crippen molar-refractivity contribution >= 4 is 17.5 Å². The molecule has 2 aromatic carbocycles. The summed E-state index contributed by atoms with van der Waals surface area (Å²) in [7, 11) is 0. The van der Waals surface area contributed by atoms with Crippen molar-refractivity contribution < 1.29 is 9.53 Å².